The first kappa shape index (κ1) is 15.5. The lowest BCUT2D eigenvalue weighted by molar-refractivity contribution is -0.134. The van der Waals surface area contributed by atoms with Crippen LogP contribution >= 0.6 is 0 Å². The highest BCUT2D eigenvalue weighted by atomic mass is 16.5. The third-order valence-electron chi connectivity index (χ3n) is 3.24. The van der Waals surface area contributed by atoms with Gasteiger partial charge in [0.1, 0.15) is 6.26 Å². The first-order valence-corrected chi connectivity index (χ1v) is 7.12. The van der Waals surface area contributed by atoms with Crippen LogP contribution in [0.4, 0.5) is 0 Å². The predicted molar refractivity (Wildman–Crippen MR) is 75.5 cm³/mol. The number of oxazole rings is 1. The first-order valence-electron chi connectivity index (χ1n) is 7.12. The van der Waals surface area contributed by atoms with Crippen LogP contribution in [0.2, 0.25) is 0 Å². The van der Waals surface area contributed by atoms with Crippen LogP contribution in [0.3, 0.4) is 0 Å². The van der Waals surface area contributed by atoms with Crippen LogP contribution in [0, 0.1) is 5.41 Å². The first-order chi connectivity index (χ1) is 9.80. The summed E-state index contributed by atoms with van der Waals surface area (Å²) in [7, 11) is 1.29. The molecule has 0 spiro atoms. The fourth-order valence-electron chi connectivity index (χ4n) is 2.09. The molecule has 2 rings (SSSR count). The fourth-order valence-corrected chi connectivity index (χ4v) is 2.09. The van der Waals surface area contributed by atoms with Gasteiger partial charge in [0, 0.05) is 12.5 Å². The Morgan fingerprint density at radius 2 is 2.10 bits per heavy atom. The number of aromatic nitrogens is 1. The standard InChI is InChI=1S/C15H22N2O4/c1-15(2,3)7-13(18)17(10-5-6-10)8-12-16-11(9-21-12)14(19)20-4/h9-10H,5-8H2,1-4H3. The molecule has 0 atom stereocenters. The van der Waals surface area contributed by atoms with Crippen molar-refractivity contribution < 1.29 is 18.7 Å². The highest BCUT2D eigenvalue weighted by Gasteiger charge is 2.35. The molecule has 0 saturated heterocycles. The molecule has 0 bridgehead atoms. The summed E-state index contributed by atoms with van der Waals surface area (Å²) < 4.78 is 9.86. The normalized spacial score (nSPS) is 14.9. The van der Waals surface area contributed by atoms with Crippen molar-refractivity contribution in [1.29, 1.82) is 0 Å². The zero-order valence-electron chi connectivity index (χ0n) is 13.0. The molecule has 0 aliphatic heterocycles. The number of ether oxygens (including phenoxy) is 1. The average molecular weight is 294 g/mol. The molecule has 1 aromatic rings. The maximum absolute atomic E-state index is 12.4. The van der Waals surface area contributed by atoms with E-state index < -0.39 is 5.97 Å². The van der Waals surface area contributed by atoms with Gasteiger partial charge in [-0.2, -0.15) is 0 Å². The Morgan fingerprint density at radius 1 is 1.43 bits per heavy atom. The summed E-state index contributed by atoms with van der Waals surface area (Å²) in [6.07, 6.45) is 3.77. The van der Waals surface area contributed by atoms with Gasteiger partial charge in [-0.05, 0) is 18.3 Å². The van der Waals surface area contributed by atoms with Crippen LogP contribution < -0.4 is 0 Å². The van der Waals surface area contributed by atoms with E-state index in [0.29, 0.717) is 18.9 Å². The molecule has 0 N–H and O–H groups in total. The van der Waals surface area contributed by atoms with Gasteiger partial charge in [0.15, 0.2) is 5.69 Å². The van der Waals surface area contributed by atoms with E-state index >= 15 is 0 Å². The molecular weight excluding hydrogens is 272 g/mol. The summed E-state index contributed by atoms with van der Waals surface area (Å²) in [6, 6.07) is 0.272. The van der Waals surface area contributed by atoms with Crippen LogP contribution in [-0.4, -0.2) is 34.9 Å². The third-order valence-corrected chi connectivity index (χ3v) is 3.24. The van der Waals surface area contributed by atoms with Gasteiger partial charge in [-0.1, -0.05) is 20.8 Å². The molecule has 1 aliphatic rings. The molecule has 0 aromatic carbocycles. The highest BCUT2D eigenvalue weighted by molar-refractivity contribution is 5.86. The third kappa shape index (κ3) is 4.31. The minimum Gasteiger partial charge on any atom is -0.464 e. The Morgan fingerprint density at radius 3 is 2.62 bits per heavy atom. The van der Waals surface area contributed by atoms with Crippen molar-refractivity contribution in [3.8, 4) is 0 Å². The molecule has 1 aliphatic carbocycles. The molecule has 0 unspecified atom stereocenters. The maximum Gasteiger partial charge on any atom is 0.360 e. The van der Waals surface area contributed by atoms with Crippen LogP contribution in [0.15, 0.2) is 10.7 Å². The number of nitrogens with zero attached hydrogens (tertiary/aromatic N) is 2. The van der Waals surface area contributed by atoms with E-state index in [9.17, 15) is 9.59 Å². The van der Waals surface area contributed by atoms with Crippen LogP contribution in [-0.2, 0) is 16.1 Å². The van der Waals surface area contributed by atoms with Gasteiger partial charge in [0.05, 0.1) is 13.7 Å². The van der Waals surface area contributed by atoms with Gasteiger partial charge in [0.25, 0.3) is 0 Å². The zero-order valence-corrected chi connectivity index (χ0v) is 13.0. The van der Waals surface area contributed by atoms with Gasteiger partial charge < -0.3 is 14.1 Å². The summed E-state index contributed by atoms with van der Waals surface area (Å²) in [4.78, 5) is 29.6. The number of hydrogen-bond acceptors (Lipinski definition) is 5. The number of amides is 1. The lowest BCUT2D eigenvalue weighted by atomic mass is 9.91. The Kier molecular flexibility index (Phi) is 4.34. The van der Waals surface area contributed by atoms with Crippen molar-refractivity contribution in [2.24, 2.45) is 5.41 Å². The molecule has 1 aromatic heterocycles. The minimum atomic E-state index is -0.538. The topological polar surface area (TPSA) is 72.6 Å². The van der Waals surface area contributed by atoms with Crippen LogP contribution in [0.1, 0.15) is 56.4 Å². The molecule has 6 nitrogen and oxygen atoms in total. The Labute approximate surface area is 124 Å². The molecule has 6 heteroatoms. The molecule has 1 heterocycles. The zero-order chi connectivity index (χ0) is 15.6. The van der Waals surface area contributed by atoms with E-state index in [1.165, 1.54) is 13.4 Å². The number of hydrogen-bond donors (Lipinski definition) is 0. The van der Waals surface area contributed by atoms with E-state index in [-0.39, 0.29) is 23.1 Å². The Bertz CT molecular complexity index is 526. The fraction of sp³-hybridized carbons (Fsp3) is 0.667. The second-order valence-electron chi connectivity index (χ2n) is 6.61. The van der Waals surface area contributed by atoms with E-state index in [0.717, 1.165) is 12.8 Å². The van der Waals surface area contributed by atoms with Gasteiger partial charge in [0.2, 0.25) is 11.8 Å². The average Bonchev–Trinajstić information content (AvgIpc) is 3.11. The number of methoxy groups -OCH3 is 1. The second kappa shape index (κ2) is 5.87. The van der Waals surface area contributed by atoms with Crippen molar-refractivity contribution in [2.75, 3.05) is 7.11 Å². The minimum absolute atomic E-state index is 0.0575. The van der Waals surface area contributed by atoms with Gasteiger partial charge >= 0.3 is 5.97 Å². The van der Waals surface area contributed by atoms with E-state index in [2.05, 4.69) is 9.72 Å². The Balaban J connectivity index is 2.05. The highest BCUT2D eigenvalue weighted by Crippen LogP contribution is 2.31. The molecular formula is C15H22N2O4. The van der Waals surface area contributed by atoms with Crippen molar-refractivity contribution in [2.45, 2.75) is 52.6 Å². The van der Waals surface area contributed by atoms with Crippen LogP contribution in [0.5, 0.6) is 0 Å². The Hall–Kier alpha value is -1.85. The van der Waals surface area contributed by atoms with Crippen molar-refractivity contribution in [1.82, 2.24) is 9.88 Å². The number of carbonyl (C=O) groups excluding carboxylic acids is 2. The van der Waals surface area contributed by atoms with Gasteiger partial charge in [-0.3, -0.25) is 4.79 Å². The summed E-state index contributed by atoms with van der Waals surface area (Å²) in [5.74, 6) is -0.0728. The molecule has 116 valence electrons. The maximum atomic E-state index is 12.4. The van der Waals surface area contributed by atoms with E-state index in [1.807, 2.05) is 20.8 Å². The summed E-state index contributed by atoms with van der Waals surface area (Å²) in [5.41, 5.74) is 0.0735. The summed E-state index contributed by atoms with van der Waals surface area (Å²) in [6.45, 7) is 6.42. The number of carbonyl (C=O) groups is 2. The molecule has 1 saturated carbocycles. The lowest BCUT2D eigenvalue weighted by Crippen LogP contribution is -2.35. The van der Waals surface area contributed by atoms with Crippen molar-refractivity contribution in [3.63, 3.8) is 0 Å². The molecule has 21 heavy (non-hydrogen) atoms. The number of esters is 1. The quantitative estimate of drug-likeness (QED) is 0.780. The lowest BCUT2D eigenvalue weighted by Gasteiger charge is -2.25. The molecule has 1 fully saturated rings. The van der Waals surface area contributed by atoms with Gasteiger partial charge in [-0.25, -0.2) is 9.78 Å². The molecule has 1 amide bonds. The van der Waals surface area contributed by atoms with Crippen molar-refractivity contribution >= 4 is 11.9 Å². The predicted octanol–water partition coefficient (Wildman–Crippen LogP) is 2.39. The van der Waals surface area contributed by atoms with Gasteiger partial charge in [-0.15, -0.1) is 0 Å². The molecule has 0 radical (unpaired) electrons. The van der Waals surface area contributed by atoms with E-state index in [1.54, 1.807) is 4.90 Å². The smallest absolute Gasteiger partial charge is 0.360 e. The van der Waals surface area contributed by atoms with Crippen molar-refractivity contribution in [3.05, 3.63) is 17.8 Å². The SMILES string of the molecule is COC(=O)c1coc(CN(C(=O)CC(C)(C)C)C2CC2)n1. The number of rotatable bonds is 5. The second-order valence-corrected chi connectivity index (χ2v) is 6.61. The largest absolute Gasteiger partial charge is 0.464 e. The van der Waals surface area contributed by atoms with E-state index in [4.69, 9.17) is 4.42 Å². The summed E-state index contributed by atoms with van der Waals surface area (Å²) >= 11 is 0. The monoisotopic (exact) mass is 294 g/mol. The van der Waals surface area contributed by atoms with Crippen LogP contribution in [0.25, 0.3) is 0 Å². The summed E-state index contributed by atoms with van der Waals surface area (Å²) in [5, 5.41) is 0.